The molecule has 0 N–H and O–H groups in total. The van der Waals surface area contributed by atoms with Crippen LogP contribution in [-0.2, 0) is 21.7 Å². The van der Waals surface area contributed by atoms with Crippen molar-refractivity contribution < 1.29 is 0 Å². The van der Waals surface area contributed by atoms with E-state index in [1.165, 1.54) is 76.6 Å². The summed E-state index contributed by atoms with van der Waals surface area (Å²) in [6.45, 7) is 27.9. The van der Waals surface area contributed by atoms with E-state index in [0.717, 1.165) is 140 Å². The number of benzene rings is 17. The normalized spacial score (nSPS) is 12.9. The van der Waals surface area contributed by atoms with Gasteiger partial charge in [0.05, 0.1) is 50.2 Å². The average molecular weight is 1610 g/mol. The summed E-state index contributed by atoms with van der Waals surface area (Å²) < 4.78 is 7.69. The fourth-order valence-corrected chi connectivity index (χ4v) is 20.2. The molecule has 0 saturated heterocycles. The molecular formula is C118H99BN6. The average Bonchev–Trinajstić information content (AvgIpc) is 1.16. The molecule has 7 heteroatoms. The molecule has 20 aromatic rings. The van der Waals surface area contributed by atoms with E-state index in [1.807, 2.05) is 0 Å². The van der Waals surface area contributed by atoms with Crippen molar-refractivity contribution in [3.8, 4) is 61.6 Å². The van der Waals surface area contributed by atoms with Gasteiger partial charge >= 0.3 is 0 Å². The first kappa shape index (κ1) is 76.7. The molecule has 0 spiro atoms. The van der Waals surface area contributed by atoms with Crippen LogP contribution in [0.5, 0.6) is 0 Å². The van der Waals surface area contributed by atoms with Gasteiger partial charge in [-0.15, -0.1) is 0 Å². The Bertz CT molecular complexity index is 7380. The predicted octanol–water partition coefficient (Wildman–Crippen LogP) is 30.4. The minimum absolute atomic E-state index is 0.0907. The van der Waals surface area contributed by atoms with E-state index in [-0.39, 0.29) is 28.4 Å². The molecule has 0 aliphatic carbocycles. The zero-order valence-electron chi connectivity index (χ0n) is 73.1. The van der Waals surface area contributed by atoms with E-state index in [1.54, 1.807) is 0 Å². The summed E-state index contributed by atoms with van der Waals surface area (Å²) in [6, 6.07) is 146. The number of anilines is 9. The lowest BCUT2D eigenvalue weighted by atomic mass is 9.33. The van der Waals surface area contributed by atoms with Gasteiger partial charge in [0.25, 0.3) is 6.71 Å². The SMILES string of the molecule is CC(C)(C)c1cc(-c2ccccc2)c(N2c3cc(-n4c5ccccc5c5cc(N(c6ccccc6)c6ccccc6)ccc54)ccc3B3c4ccc(-n5c6ccc(C(C)(C)C)cc6c6cc(C(C)(C)C)ccc65)cc4N(c4c(-c5ccccc5)cc(C(C)(C)C)cc4-c4ccccc4)c4cc(-n5c6ccccc6c6ccccc65)cc2c43)c(-c2ccccc2)c1. The Hall–Kier alpha value is -14.4. The lowest BCUT2D eigenvalue weighted by Crippen LogP contribution is -2.61. The first-order valence-electron chi connectivity index (χ1n) is 44.2. The smallest absolute Gasteiger partial charge is 0.252 e. The van der Waals surface area contributed by atoms with E-state index in [2.05, 4.69) is 494 Å². The van der Waals surface area contributed by atoms with Crippen LogP contribution in [0.15, 0.2) is 382 Å². The van der Waals surface area contributed by atoms with Gasteiger partial charge in [-0.1, -0.05) is 320 Å². The molecule has 5 heterocycles. The summed E-state index contributed by atoms with van der Waals surface area (Å²) in [6.07, 6.45) is 0. The monoisotopic (exact) mass is 1610 g/mol. The minimum Gasteiger partial charge on any atom is -0.310 e. The van der Waals surface area contributed by atoms with Gasteiger partial charge in [0.2, 0.25) is 0 Å². The van der Waals surface area contributed by atoms with Crippen molar-refractivity contribution in [3.63, 3.8) is 0 Å². The molecular weight excluding hydrogens is 1510 g/mol. The van der Waals surface area contributed by atoms with Crippen LogP contribution in [-0.4, -0.2) is 20.4 Å². The number of nitrogens with zero attached hydrogens (tertiary/aromatic N) is 6. The lowest BCUT2D eigenvalue weighted by molar-refractivity contribution is 0.590. The minimum atomic E-state index is -0.347. The van der Waals surface area contributed by atoms with Crippen molar-refractivity contribution in [2.75, 3.05) is 14.7 Å². The molecule has 0 saturated carbocycles. The van der Waals surface area contributed by atoms with Crippen molar-refractivity contribution in [2.45, 2.75) is 105 Å². The van der Waals surface area contributed by atoms with Gasteiger partial charge in [-0.05, 0) is 228 Å². The van der Waals surface area contributed by atoms with Gasteiger partial charge in [-0.25, -0.2) is 0 Å². The molecule has 125 heavy (non-hydrogen) atoms. The molecule has 2 aliphatic heterocycles. The van der Waals surface area contributed by atoms with Crippen molar-refractivity contribution in [2.24, 2.45) is 0 Å². The van der Waals surface area contributed by atoms with Gasteiger partial charge in [0.1, 0.15) is 0 Å². The van der Waals surface area contributed by atoms with Crippen molar-refractivity contribution in [3.05, 3.63) is 404 Å². The van der Waals surface area contributed by atoms with Crippen LogP contribution in [0.2, 0.25) is 0 Å². The zero-order chi connectivity index (χ0) is 85.1. The van der Waals surface area contributed by atoms with E-state index in [9.17, 15) is 0 Å². The second kappa shape index (κ2) is 29.1. The molecule has 6 nitrogen and oxygen atoms in total. The van der Waals surface area contributed by atoms with E-state index >= 15 is 0 Å². The predicted molar refractivity (Wildman–Crippen MR) is 535 cm³/mol. The molecule has 604 valence electrons. The number of aromatic nitrogens is 3. The van der Waals surface area contributed by atoms with Crippen molar-refractivity contribution in [1.82, 2.24) is 13.7 Å². The van der Waals surface area contributed by atoms with E-state index in [4.69, 9.17) is 0 Å². The van der Waals surface area contributed by atoms with Crippen LogP contribution < -0.4 is 31.1 Å². The molecule has 17 aromatic carbocycles. The lowest BCUT2D eigenvalue weighted by Gasteiger charge is -2.46. The summed E-state index contributed by atoms with van der Waals surface area (Å²) >= 11 is 0. The van der Waals surface area contributed by atoms with E-state index in [0.29, 0.717) is 0 Å². The third kappa shape index (κ3) is 12.7. The van der Waals surface area contributed by atoms with Gasteiger partial charge in [-0.2, -0.15) is 0 Å². The molecule has 22 rings (SSSR count). The maximum atomic E-state index is 2.76. The molecule has 0 fully saturated rings. The molecule has 2 aliphatic rings. The highest BCUT2D eigenvalue weighted by Crippen LogP contribution is 2.57. The first-order chi connectivity index (χ1) is 60.6. The highest BCUT2D eigenvalue weighted by molar-refractivity contribution is 7.00. The highest BCUT2D eigenvalue weighted by atomic mass is 15.2. The number of hydrogen-bond donors (Lipinski definition) is 0. The van der Waals surface area contributed by atoms with Gasteiger partial charge in [0.15, 0.2) is 0 Å². The third-order valence-electron chi connectivity index (χ3n) is 26.6. The molecule has 0 bridgehead atoms. The molecule has 0 atom stereocenters. The Labute approximate surface area is 733 Å². The quantitative estimate of drug-likeness (QED) is 0.114. The van der Waals surface area contributed by atoms with Crippen LogP contribution in [0.1, 0.15) is 105 Å². The zero-order valence-corrected chi connectivity index (χ0v) is 73.1. The van der Waals surface area contributed by atoms with Crippen LogP contribution in [0, 0.1) is 0 Å². The van der Waals surface area contributed by atoms with Crippen molar-refractivity contribution >= 4 is 140 Å². The Morgan fingerprint density at radius 2 is 0.504 bits per heavy atom. The van der Waals surface area contributed by atoms with Crippen LogP contribution in [0.25, 0.3) is 127 Å². The highest BCUT2D eigenvalue weighted by Gasteiger charge is 2.47. The van der Waals surface area contributed by atoms with Crippen molar-refractivity contribution in [1.29, 1.82) is 0 Å². The standard InChI is InChI=1S/C118H99BN6/c1-115(2,3)80-55-62-105-97(65-80)98-66-81(116(4,5)6)56-63-106(98)122(105)88-58-61-101-109(73-88)125(114-95(78-41-23-15-24-42-78)69-83(118(10,11)12)70-96(114)79-43-25-16-26-44-79)111-75-89(123-102-52-34-31-49-90(102)91-50-32-35-53-103(91)123)74-110-112(111)119(101)100-60-57-87(72-108(100)124(110)113-93(76-37-19-13-20-38-76)67-82(117(7,8)9)68-94(113)77-39-21-14-22-40-77)121-104-54-36-33-51-92(104)99-71-86(59-64-107(99)121)120(84-45-27-17-28-46-84)85-47-29-18-30-48-85/h13-75H,1-12H3. The van der Waals surface area contributed by atoms with Gasteiger partial charge in [0, 0.05) is 106 Å². The largest absolute Gasteiger partial charge is 0.310 e. The van der Waals surface area contributed by atoms with Crippen LogP contribution in [0.4, 0.5) is 51.2 Å². The second-order valence-electron chi connectivity index (χ2n) is 38.5. The molecule has 0 unspecified atom stereocenters. The number of hydrogen-bond acceptors (Lipinski definition) is 3. The topological polar surface area (TPSA) is 24.5 Å². The van der Waals surface area contributed by atoms with Crippen LogP contribution >= 0.6 is 0 Å². The first-order valence-corrected chi connectivity index (χ1v) is 44.2. The van der Waals surface area contributed by atoms with Gasteiger partial charge in [-0.3, -0.25) is 0 Å². The number of fused-ring (bicyclic) bond motifs is 13. The molecule has 0 radical (unpaired) electrons. The Morgan fingerprint density at radius 3 is 0.856 bits per heavy atom. The summed E-state index contributed by atoms with van der Waals surface area (Å²) in [4.78, 5) is 7.89. The summed E-state index contributed by atoms with van der Waals surface area (Å²) in [5.41, 5.74) is 36.9. The second-order valence-corrected chi connectivity index (χ2v) is 38.5. The molecule has 3 aromatic heterocycles. The summed E-state index contributed by atoms with van der Waals surface area (Å²) in [5.74, 6) is 0. The maximum absolute atomic E-state index is 2.76. The molecule has 0 amide bonds. The summed E-state index contributed by atoms with van der Waals surface area (Å²) in [7, 11) is 0. The fraction of sp³-hybridized carbons (Fsp3) is 0.136. The van der Waals surface area contributed by atoms with E-state index < -0.39 is 0 Å². The third-order valence-corrected chi connectivity index (χ3v) is 26.6. The van der Waals surface area contributed by atoms with Gasteiger partial charge < -0.3 is 28.4 Å². The maximum Gasteiger partial charge on any atom is 0.252 e. The van der Waals surface area contributed by atoms with Crippen LogP contribution in [0.3, 0.4) is 0 Å². The Balaban J connectivity index is 0.925. The number of para-hydroxylation sites is 5. The number of rotatable bonds is 12. The fourth-order valence-electron chi connectivity index (χ4n) is 20.2. The Morgan fingerprint density at radius 1 is 0.216 bits per heavy atom. The Kier molecular flexibility index (Phi) is 17.9. The summed E-state index contributed by atoms with van der Waals surface area (Å²) in [5, 5.41) is 7.22.